The van der Waals surface area contributed by atoms with E-state index in [4.69, 9.17) is 10.5 Å². The first-order valence-corrected chi connectivity index (χ1v) is 3.53. The van der Waals surface area contributed by atoms with E-state index in [1.165, 1.54) is 0 Å². The first-order chi connectivity index (χ1) is 5.16. The zero-order valence-electron chi connectivity index (χ0n) is 6.66. The van der Waals surface area contributed by atoms with Gasteiger partial charge in [0.2, 0.25) is 6.54 Å². The van der Waals surface area contributed by atoms with Crippen molar-refractivity contribution in [3.05, 3.63) is 10.1 Å². The molecule has 0 saturated carbocycles. The molecule has 0 radical (unpaired) electrons. The van der Waals surface area contributed by atoms with Crippen molar-refractivity contribution in [2.45, 2.75) is 18.9 Å². The van der Waals surface area contributed by atoms with Crippen LogP contribution >= 0.6 is 0 Å². The van der Waals surface area contributed by atoms with E-state index < -0.39 is 0 Å². The van der Waals surface area contributed by atoms with Gasteiger partial charge in [0.15, 0.2) is 0 Å². The van der Waals surface area contributed by atoms with Crippen LogP contribution in [0.1, 0.15) is 12.8 Å². The Hall–Kier alpha value is -0.680. The van der Waals surface area contributed by atoms with Crippen molar-refractivity contribution < 1.29 is 9.66 Å². The number of hydrogen-bond donors (Lipinski definition) is 1. The number of nitrogens with two attached hydrogens (primary N) is 1. The molecular weight excluding hydrogens is 148 g/mol. The largest absolute Gasteiger partial charge is 0.385 e. The highest BCUT2D eigenvalue weighted by molar-refractivity contribution is 4.59. The number of nitro groups is 1. The lowest BCUT2D eigenvalue weighted by atomic mass is 10.1. The lowest BCUT2D eigenvalue weighted by Gasteiger charge is -2.06. The van der Waals surface area contributed by atoms with Gasteiger partial charge in [-0.05, 0) is 6.42 Å². The summed E-state index contributed by atoms with van der Waals surface area (Å²) in [5.74, 6) is 0. The summed E-state index contributed by atoms with van der Waals surface area (Å²) < 4.78 is 4.77. The van der Waals surface area contributed by atoms with Crippen LogP contribution in [0.5, 0.6) is 0 Å². The number of hydrogen-bond acceptors (Lipinski definition) is 4. The number of rotatable bonds is 6. The molecule has 0 aliphatic rings. The molecule has 5 nitrogen and oxygen atoms in total. The molecule has 0 spiro atoms. The first kappa shape index (κ1) is 10.3. The van der Waals surface area contributed by atoms with Crippen LogP contribution in [0.15, 0.2) is 0 Å². The van der Waals surface area contributed by atoms with Gasteiger partial charge in [0.25, 0.3) is 0 Å². The average molecular weight is 162 g/mol. The molecule has 0 aromatic carbocycles. The van der Waals surface area contributed by atoms with E-state index in [0.29, 0.717) is 19.4 Å². The fourth-order valence-corrected chi connectivity index (χ4v) is 0.685. The van der Waals surface area contributed by atoms with Crippen molar-refractivity contribution in [2.24, 2.45) is 5.73 Å². The van der Waals surface area contributed by atoms with Crippen LogP contribution in [0.4, 0.5) is 0 Å². The van der Waals surface area contributed by atoms with Crippen LogP contribution in [0.25, 0.3) is 0 Å². The minimum atomic E-state index is -0.355. The normalized spacial score (nSPS) is 12.9. The van der Waals surface area contributed by atoms with Gasteiger partial charge in [-0.3, -0.25) is 10.1 Å². The fraction of sp³-hybridized carbons (Fsp3) is 1.00. The Balaban J connectivity index is 3.22. The highest BCUT2D eigenvalue weighted by Crippen LogP contribution is 1.94. The molecule has 0 saturated heterocycles. The molecule has 66 valence electrons. The summed E-state index contributed by atoms with van der Waals surface area (Å²) in [5.41, 5.74) is 5.52. The predicted molar refractivity (Wildman–Crippen MR) is 40.9 cm³/mol. The van der Waals surface area contributed by atoms with Gasteiger partial charge in [-0.15, -0.1) is 0 Å². The number of nitrogens with zero attached hydrogens (tertiary/aromatic N) is 1. The van der Waals surface area contributed by atoms with Gasteiger partial charge < -0.3 is 10.5 Å². The Bertz CT molecular complexity index is 118. The highest BCUT2D eigenvalue weighted by atomic mass is 16.6. The van der Waals surface area contributed by atoms with Gasteiger partial charge >= 0.3 is 0 Å². The van der Waals surface area contributed by atoms with E-state index in [9.17, 15) is 10.1 Å². The third-order valence-corrected chi connectivity index (χ3v) is 1.38. The zero-order chi connectivity index (χ0) is 8.69. The third kappa shape index (κ3) is 7.21. The molecular formula is C6H14N2O3. The molecule has 11 heavy (non-hydrogen) atoms. The summed E-state index contributed by atoms with van der Waals surface area (Å²) in [6, 6.07) is -0.111. The van der Waals surface area contributed by atoms with Crippen LogP contribution < -0.4 is 5.73 Å². The summed E-state index contributed by atoms with van der Waals surface area (Å²) >= 11 is 0. The lowest BCUT2D eigenvalue weighted by molar-refractivity contribution is -0.480. The standard InChI is InChI=1S/C6H14N2O3/c1-11-5-3-6(7)2-4-8(9)10/h6H,2-5,7H2,1H3/t6-/m0/s1. The maximum Gasteiger partial charge on any atom is 0.205 e. The van der Waals surface area contributed by atoms with Gasteiger partial charge in [-0.25, -0.2) is 0 Å². The summed E-state index contributed by atoms with van der Waals surface area (Å²) in [7, 11) is 1.58. The molecule has 0 aliphatic carbocycles. The summed E-state index contributed by atoms with van der Waals surface area (Å²) in [5, 5.41) is 9.90. The maximum atomic E-state index is 9.90. The van der Waals surface area contributed by atoms with E-state index in [2.05, 4.69) is 0 Å². The molecule has 1 atom stereocenters. The Morgan fingerprint density at radius 1 is 1.64 bits per heavy atom. The number of ether oxygens (including phenoxy) is 1. The van der Waals surface area contributed by atoms with Crippen molar-refractivity contribution in [3.8, 4) is 0 Å². The minimum Gasteiger partial charge on any atom is -0.385 e. The first-order valence-electron chi connectivity index (χ1n) is 3.53. The summed E-state index contributed by atoms with van der Waals surface area (Å²) in [6.07, 6.45) is 1.11. The van der Waals surface area contributed by atoms with Crippen molar-refractivity contribution >= 4 is 0 Å². The smallest absolute Gasteiger partial charge is 0.205 e. The zero-order valence-corrected chi connectivity index (χ0v) is 6.66. The fourth-order valence-electron chi connectivity index (χ4n) is 0.685. The van der Waals surface area contributed by atoms with E-state index in [1.54, 1.807) is 7.11 Å². The monoisotopic (exact) mass is 162 g/mol. The molecule has 0 aromatic rings. The quantitative estimate of drug-likeness (QED) is 0.441. The van der Waals surface area contributed by atoms with E-state index in [-0.39, 0.29) is 17.5 Å². The topological polar surface area (TPSA) is 78.4 Å². The second-order valence-corrected chi connectivity index (χ2v) is 2.39. The Morgan fingerprint density at radius 2 is 2.27 bits per heavy atom. The second kappa shape index (κ2) is 6.06. The van der Waals surface area contributed by atoms with Crippen molar-refractivity contribution in [2.75, 3.05) is 20.3 Å². The molecule has 2 N–H and O–H groups in total. The summed E-state index contributed by atoms with van der Waals surface area (Å²) in [6.45, 7) is 0.518. The predicted octanol–water partition coefficient (Wildman–Crippen LogP) is 0.0170. The van der Waals surface area contributed by atoms with Gasteiger partial charge in [-0.1, -0.05) is 0 Å². The van der Waals surface area contributed by atoms with Crippen LogP contribution in [-0.2, 0) is 4.74 Å². The molecule has 0 aliphatic heterocycles. The van der Waals surface area contributed by atoms with Crippen molar-refractivity contribution in [1.82, 2.24) is 0 Å². The van der Waals surface area contributed by atoms with Gasteiger partial charge in [0, 0.05) is 31.1 Å². The number of methoxy groups -OCH3 is 1. The maximum absolute atomic E-state index is 9.90. The molecule has 0 bridgehead atoms. The summed E-state index contributed by atoms with van der Waals surface area (Å²) in [4.78, 5) is 9.54. The Morgan fingerprint density at radius 3 is 2.73 bits per heavy atom. The van der Waals surface area contributed by atoms with Gasteiger partial charge in [0.1, 0.15) is 0 Å². The second-order valence-electron chi connectivity index (χ2n) is 2.39. The Kier molecular flexibility index (Phi) is 5.68. The minimum absolute atomic E-state index is 0.0507. The van der Waals surface area contributed by atoms with Crippen LogP contribution in [-0.4, -0.2) is 31.2 Å². The Labute approximate surface area is 65.7 Å². The SMILES string of the molecule is COCC[C@@H](N)CC[N+](=O)[O-]. The van der Waals surface area contributed by atoms with Crippen LogP contribution in [0.2, 0.25) is 0 Å². The van der Waals surface area contributed by atoms with Crippen LogP contribution in [0, 0.1) is 10.1 Å². The molecule has 0 rings (SSSR count). The van der Waals surface area contributed by atoms with Gasteiger partial charge in [-0.2, -0.15) is 0 Å². The molecule has 0 heterocycles. The van der Waals surface area contributed by atoms with E-state index in [0.717, 1.165) is 0 Å². The van der Waals surface area contributed by atoms with E-state index >= 15 is 0 Å². The molecule has 0 aromatic heterocycles. The lowest BCUT2D eigenvalue weighted by Crippen LogP contribution is -2.24. The highest BCUT2D eigenvalue weighted by Gasteiger charge is 2.05. The van der Waals surface area contributed by atoms with Crippen molar-refractivity contribution in [3.63, 3.8) is 0 Å². The third-order valence-electron chi connectivity index (χ3n) is 1.38. The van der Waals surface area contributed by atoms with Crippen molar-refractivity contribution in [1.29, 1.82) is 0 Å². The van der Waals surface area contributed by atoms with E-state index in [1.807, 2.05) is 0 Å². The molecule has 0 fully saturated rings. The molecule has 5 heteroatoms. The van der Waals surface area contributed by atoms with Crippen LogP contribution in [0.3, 0.4) is 0 Å². The molecule has 0 unspecified atom stereocenters. The molecule has 0 amide bonds. The van der Waals surface area contributed by atoms with Gasteiger partial charge in [0.05, 0.1) is 0 Å². The average Bonchev–Trinajstić information content (AvgIpc) is 1.97.